The third kappa shape index (κ3) is 2.11. The normalized spacial score (nSPS) is 11.9. The Bertz CT molecular complexity index is 754. The Morgan fingerprint density at radius 2 is 2.06 bits per heavy atom. The van der Waals surface area contributed by atoms with Crippen molar-refractivity contribution in [3.05, 3.63) is 28.6 Å². The zero-order valence-electron chi connectivity index (χ0n) is 9.77. The highest BCUT2D eigenvalue weighted by molar-refractivity contribution is 7.87. The van der Waals surface area contributed by atoms with Crippen LogP contribution in [0, 0.1) is 11.3 Å². The van der Waals surface area contributed by atoms with Crippen molar-refractivity contribution in [2.45, 2.75) is 24.7 Å². The predicted octanol–water partition coefficient (Wildman–Crippen LogP) is 3.55. The number of hydrogen-bond acceptors (Lipinski definition) is 4. The van der Waals surface area contributed by atoms with Crippen molar-refractivity contribution < 1.29 is 12.3 Å². The first-order valence-corrected chi connectivity index (χ1v) is 7.46. The lowest BCUT2D eigenvalue weighted by Crippen LogP contribution is -1.93. The maximum atomic E-state index is 13.2. The van der Waals surface area contributed by atoms with Crippen LogP contribution in [-0.4, -0.2) is 8.42 Å². The highest BCUT2D eigenvalue weighted by atomic mass is 32.3. The van der Waals surface area contributed by atoms with Crippen molar-refractivity contribution in [1.82, 2.24) is 0 Å². The van der Waals surface area contributed by atoms with E-state index in [-0.39, 0.29) is 16.2 Å². The molecule has 0 radical (unpaired) electrons. The van der Waals surface area contributed by atoms with Crippen molar-refractivity contribution in [3.63, 3.8) is 0 Å². The summed E-state index contributed by atoms with van der Waals surface area (Å²) in [6.45, 7) is 4.01. The first kappa shape index (κ1) is 13.0. The van der Waals surface area contributed by atoms with E-state index in [1.54, 1.807) is 24.3 Å². The molecular formula is C12H10FNO2S2. The standard InChI is InChI=1S/C12H10FNO2S2/c1-7(2)8-3-4-9-10(5-8)17-11(6-14)12(9)18(13,15)16/h3-5,7H,1-2H3. The van der Waals surface area contributed by atoms with E-state index in [0.717, 1.165) is 16.9 Å². The largest absolute Gasteiger partial charge is 0.334 e. The minimum absolute atomic E-state index is 0.103. The Kier molecular flexibility index (Phi) is 3.13. The van der Waals surface area contributed by atoms with Gasteiger partial charge in [-0.25, -0.2) is 0 Å². The fraction of sp³-hybridized carbons (Fsp3) is 0.250. The second-order valence-corrected chi connectivity index (χ2v) is 6.56. The molecule has 0 bridgehead atoms. The van der Waals surface area contributed by atoms with Crippen LogP contribution in [0.4, 0.5) is 3.89 Å². The van der Waals surface area contributed by atoms with E-state index in [0.29, 0.717) is 4.70 Å². The van der Waals surface area contributed by atoms with Crippen LogP contribution in [0.2, 0.25) is 0 Å². The molecule has 6 heteroatoms. The first-order chi connectivity index (χ1) is 8.34. The lowest BCUT2D eigenvalue weighted by molar-refractivity contribution is 0.553. The van der Waals surface area contributed by atoms with Gasteiger partial charge in [-0.3, -0.25) is 0 Å². The summed E-state index contributed by atoms with van der Waals surface area (Å²) in [5, 5.41) is 9.17. The number of hydrogen-bond donors (Lipinski definition) is 0. The minimum atomic E-state index is -4.87. The molecule has 1 aromatic carbocycles. The van der Waals surface area contributed by atoms with Crippen molar-refractivity contribution in [2.75, 3.05) is 0 Å². The molecule has 0 fully saturated rings. The van der Waals surface area contributed by atoms with Crippen LogP contribution in [0.1, 0.15) is 30.2 Å². The molecule has 0 atom stereocenters. The second kappa shape index (κ2) is 4.34. The van der Waals surface area contributed by atoms with Gasteiger partial charge < -0.3 is 0 Å². The number of benzene rings is 1. The van der Waals surface area contributed by atoms with Gasteiger partial charge in [0.05, 0.1) is 0 Å². The van der Waals surface area contributed by atoms with Crippen molar-refractivity contribution in [3.8, 4) is 6.07 Å². The Labute approximate surface area is 109 Å². The third-order valence-corrected chi connectivity index (χ3v) is 4.78. The molecule has 0 saturated heterocycles. The van der Waals surface area contributed by atoms with Gasteiger partial charge in [-0.15, -0.1) is 15.2 Å². The highest BCUT2D eigenvalue weighted by Crippen LogP contribution is 2.36. The van der Waals surface area contributed by atoms with Crippen molar-refractivity contribution in [2.24, 2.45) is 0 Å². The Hall–Kier alpha value is -1.45. The molecule has 1 aromatic heterocycles. The summed E-state index contributed by atoms with van der Waals surface area (Å²) in [6, 6.07) is 6.87. The summed E-state index contributed by atoms with van der Waals surface area (Å²) in [5.41, 5.74) is 1.02. The quantitative estimate of drug-likeness (QED) is 0.792. The van der Waals surface area contributed by atoms with Crippen LogP contribution < -0.4 is 0 Å². The predicted molar refractivity (Wildman–Crippen MR) is 68.9 cm³/mol. The summed E-state index contributed by atoms with van der Waals surface area (Å²) < 4.78 is 36.0. The zero-order valence-corrected chi connectivity index (χ0v) is 11.4. The van der Waals surface area contributed by atoms with E-state index >= 15 is 0 Å². The molecule has 94 valence electrons. The van der Waals surface area contributed by atoms with Crippen LogP contribution in [0.5, 0.6) is 0 Å². The molecule has 0 spiro atoms. The molecule has 18 heavy (non-hydrogen) atoms. The lowest BCUT2D eigenvalue weighted by Gasteiger charge is -2.04. The van der Waals surface area contributed by atoms with Gasteiger partial charge in [0.2, 0.25) is 0 Å². The van der Waals surface area contributed by atoms with E-state index in [4.69, 9.17) is 5.26 Å². The number of rotatable bonds is 2. The van der Waals surface area contributed by atoms with Gasteiger partial charge in [-0.2, -0.15) is 13.7 Å². The molecular weight excluding hydrogens is 273 g/mol. The van der Waals surface area contributed by atoms with Gasteiger partial charge in [0.1, 0.15) is 15.8 Å². The molecule has 0 amide bonds. The molecule has 0 saturated carbocycles. The molecule has 1 heterocycles. The number of nitriles is 1. The lowest BCUT2D eigenvalue weighted by atomic mass is 10.0. The highest BCUT2D eigenvalue weighted by Gasteiger charge is 2.24. The molecule has 2 aromatic rings. The van der Waals surface area contributed by atoms with Crippen LogP contribution >= 0.6 is 11.3 Å². The topological polar surface area (TPSA) is 57.9 Å². The summed E-state index contributed by atoms with van der Waals surface area (Å²) in [5.74, 6) is 0.285. The summed E-state index contributed by atoms with van der Waals surface area (Å²) in [7, 11) is -4.87. The zero-order chi connectivity index (χ0) is 13.5. The van der Waals surface area contributed by atoms with Gasteiger partial charge in [0.15, 0.2) is 0 Å². The average Bonchev–Trinajstić information content (AvgIpc) is 2.65. The van der Waals surface area contributed by atoms with Crippen molar-refractivity contribution >= 4 is 31.6 Å². The number of fused-ring (bicyclic) bond motifs is 1. The third-order valence-electron chi connectivity index (χ3n) is 2.68. The molecule has 0 aliphatic rings. The molecule has 0 aliphatic carbocycles. The van der Waals surface area contributed by atoms with Gasteiger partial charge >= 0.3 is 10.2 Å². The number of thiophene rings is 1. The summed E-state index contributed by atoms with van der Waals surface area (Å²) >= 11 is 1.00. The van der Waals surface area contributed by atoms with Crippen molar-refractivity contribution in [1.29, 1.82) is 5.26 Å². The minimum Gasteiger partial charge on any atom is -0.191 e. The maximum absolute atomic E-state index is 13.2. The maximum Gasteiger partial charge on any atom is 0.334 e. The van der Waals surface area contributed by atoms with Gasteiger partial charge in [-0.1, -0.05) is 26.0 Å². The van der Waals surface area contributed by atoms with E-state index < -0.39 is 15.1 Å². The van der Waals surface area contributed by atoms with E-state index in [1.165, 1.54) is 0 Å². The van der Waals surface area contributed by atoms with E-state index in [9.17, 15) is 12.3 Å². The molecule has 0 unspecified atom stereocenters. The summed E-state index contributed by atoms with van der Waals surface area (Å²) in [6.07, 6.45) is 0. The Balaban J connectivity index is 2.84. The SMILES string of the molecule is CC(C)c1ccc2c(S(=O)(=O)F)c(C#N)sc2c1. The summed E-state index contributed by atoms with van der Waals surface area (Å²) in [4.78, 5) is -0.603. The first-order valence-electron chi connectivity index (χ1n) is 5.26. The van der Waals surface area contributed by atoms with Gasteiger partial charge in [0.25, 0.3) is 0 Å². The molecule has 0 N–H and O–H groups in total. The van der Waals surface area contributed by atoms with E-state index in [2.05, 4.69) is 0 Å². The fourth-order valence-electron chi connectivity index (χ4n) is 1.76. The average molecular weight is 283 g/mol. The van der Waals surface area contributed by atoms with E-state index in [1.807, 2.05) is 13.8 Å². The monoisotopic (exact) mass is 283 g/mol. The molecule has 3 nitrogen and oxygen atoms in total. The van der Waals surface area contributed by atoms with Crippen LogP contribution in [-0.2, 0) is 10.2 Å². The number of halogens is 1. The van der Waals surface area contributed by atoms with Gasteiger partial charge in [-0.05, 0) is 17.5 Å². The second-order valence-electron chi connectivity index (χ2n) is 4.22. The van der Waals surface area contributed by atoms with Crippen LogP contribution in [0.3, 0.4) is 0 Å². The number of nitrogens with zero attached hydrogens (tertiary/aromatic N) is 1. The van der Waals surface area contributed by atoms with Crippen LogP contribution in [0.25, 0.3) is 10.1 Å². The van der Waals surface area contributed by atoms with Gasteiger partial charge in [0, 0.05) is 10.1 Å². The Morgan fingerprint density at radius 3 is 2.56 bits per heavy atom. The van der Waals surface area contributed by atoms with Crippen LogP contribution in [0.15, 0.2) is 23.1 Å². The molecule has 2 rings (SSSR count). The fourth-order valence-corrected chi connectivity index (χ4v) is 3.90. The Morgan fingerprint density at radius 1 is 1.39 bits per heavy atom. The molecule has 0 aliphatic heterocycles. The smallest absolute Gasteiger partial charge is 0.191 e.